The van der Waals surface area contributed by atoms with Crippen LogP contribution in [0.5, 0.6) is 0 Å². The van der Waals surface area contributed by atoms with Gasteiger partial charge >= 0.3 is 12.0 Å². The summed E-state index contributed by atoms with van der Waals surface area (Å²) in [7, 11) is 0. The van der Waals surface area contributed by atoms with Crippen LogP contribution in [0.3, 0.4) is 0 Å². The Balaban J connectivity index is 2.19. The Morgan fingerprint density at radius 2 is 2.17 bits per heavy atom. The summed E-state index contributed by atoms with van der Waals surface area (Å²) >= 11 is 0. The molecular formula is C11H18N4O3. The molecule has 7 nitrogen and oxygen atoms in total. The number of rotatable bonds is 6. The molecule has 18 heavy (non-hydrogen) atoms. The Hall–Kier alpha value is -2.05. The molecule has 0 bridgehead atoms. The number of hydrogen-bond donors (Lipinski definition) is 3. The molecule has 0 fully saturated rings. The number of amides is 2. The van der Waals surface area contributed by atoms with E-state index in [9.17, 15) is 9.59 Å². The van der Waals surface area contributed by atoms with Crippen LogP contribution in [-0.2, 0) is 11.3 Å². The summed E-state index contributed by atoms with van der Waals surface area (Å²) < 4.78 is 1.76. The number of aromatic nitrogens is 2. The third-order valence-electron chi connectivity index (χ3n) is 2.37. The molecule has 0 saturated carbocycles. The molecule has 1 rings (SSSR count). The first-order valence-corrected chi connectivity index (χ1v) is 5.68. The molecular weight excluding hydrogens is 236 g/mol. The Labute approximate surface area is 105 Å². The fourth-order valence-corrected chi connectivity index (χ4v) is 1.26. The van der Waals surface area contributed by atoms with Gasteiger partial charge in [0.25, 0.3) is 0 Å². The Bertz CT molecular complexity index is 400. The van der Waals surface area contributed by atoms with Gasteiger partial charge in [-0.25, -0.2) is 9.59 Å². The van der Waals surface area contributed by atoms with Gasteiger partial charge in [0.15, 0.2) is 0 Å². The molecule has 0 spiro atoms. The van der Waals surface area contributed by atoms with E-state index in [-0.39, 0.29) is 0 Å². The van der Waals surface area contributed by atoms with Gasteiger partial charge in [0.1, 0.15) is 5.54 Å². The summed E-state index contributed by atoms with van der Waals surface area (Å²) in [6, 6.07) is 1.35. The Morgan fingerprint density at radius 1 is 1.44 bits per heavy atom. The van der Waals surface area contributed by atoms with Gasteiger partial charge in [-0.3, -0.25) is 4.68 Å². The standard InChI is InChI=1S/C11H18N4O3/c1-11(2,9(16)17)14-10(18)12-5-3-7-15-8-4-6-13-15/h4,6,8H,3,5,7H2,1-2H3,(H,16,17)(H2,12,14,18). The maximum absolute atomic E-state index is 11.4. The lowest BCUT2D eigenvalue weighted by Crippen LogP contribution is -2.53. The number of carboxylic acid groups (broad SMARTS) is 1. The van der Waals surface area contributed by atoms with Crippen molar-refractivity contribution in [2.24, 2.45) is 0 Å². The third kappa shape index (κ3) is 4.44. The minimum atomic E-state index is -1.27. The molecule has 0 aliphatic heterocycles. The molecule has 0 radical (unpaired) electrons. The normalized spacial score (nSPS) is 11.0. The van der Waals surface area contributed by atoms with Crippen LogP contribution in [0.4, 0.5) is 4.79 Å². The van der Waals surface area contributed by atoms with Crippen molar-refractivity contribution in [2.75, 3.05) is 6.54 Å². The lowest BCUT2D eigenvalue weighted by molar-refractivity contribution is -0.142. The van der Waals surface area contributed by atoms with Gasteiger partial charge in [-0.1, -0.05) is 0 Å². The zero-order valence-corrected chi connectivity index (χ0v) is 10.5. The summed E-state index contributed by atoms with van der Waals surface area (Å²) in [5.74, 6) is -1.07. The maximum Gasteiger partial charge on any atom is 0.328 e. The van der Waals surface area contributed by atoms with Gasteiger partial charge in [-0.2, -0.15) is 5.10 Å². The van der Waals surface area contributed by atoms with Crippen LogP contribution in [0.25, 0.3) is 0 Å². The van der Waals surface area contributed by atoms with E-state index in [0.29, 0.717) is 13.1 Å². The SMILES string of the molecule is CC(C)(NC(=O)NCCCn1cccn1)C(=O)O. The molecule has 100 valence electrons. The molecule has 1 aromatic heterocycles. The van der Waals surface area contributed by atoms with E-state index < -0.39 is 17.5 Å². The molecule has 0 aromatic carbocycles. The summed E-state index contributed by atoms with van der Waals surface area (Å²) in [5.41, 5.74) is -1.27. The molecule has 0 saturated heterocycles. The van der Waals surface area contributed by atoms with Gasteiger partial charge in [-0.05, 0) is 26.3 Å². The number of urea groups is 1. The lowest BCUT2D eigenvalue weighted by atomic mass is 10.1. The second kappa shape index (κ2) is 6.04. The van der Waals surface area contributed by atoms with Crippen LogP contribution >= 0.6 is 0 Å². The smallest absolute Gasteiger partial charge is 0.328 e. The number of aryl methyl sites for hydroxylation is 1. The lowest BCUT2D eigenvalue weighted by Gasteiger charge is -2.21. The first kappa shape index (κ1) is 14.0. The highest BCUT2D eigenvalue weighted by molar-refractivity contribution is 5.85. The third-order valence-corrected chi connectivity index (χ3v) is 2.37. The van der Waals surface area contributed by atoms with Crippen LogP contribution in [-0.4, -0.2) is 39.0 Å². The van der Waals surface area contributed by atoms with Crippen molar-refractivity contribution in [3.05, 3.63) is 18.5 Å². The zero-order chi connectivity index (χ0) is 13.6. The molecule has 2 amide bonds. The largest absolute Gasteiger partial charge is 0.480 e. The minimum absolute atomic E-state index is 0.460. The van der Waals surface area contributed by atoms with Crippen molar-refractivity contribution in [3.8, 4) is 0 Å². The van der Waals surface area contributed by atoms with E-state index in [2.05, 4.69) is 15.7 Å². The molecule has 7 heteroatoms. The van der Waals surface area contributed by atoms with Crippen molar-refractivity contribution in [2.45, 2.75) is 32.4 Å². The van der Waals surface area contributed by atoms with Crippen molar-refractivity contribution in [1.29, 1.82) is 0 Å². The van der Waals surface area contributed by atoms with E-state index >= 15 is 0 Å². The highest BCUT2D eigenvalue weighted by Gasteiger charge is 2.28. The van der Waals surface area contributed by atoms with Gasteiger partial charge < -0.3 is 15.7 Å². The summed E-state index contributed by atoms with van der Waals surface area (Å²) in [4.78, 5) is 22.2. The predicted octanol–water partition coefficient (Wildman–Crippen LogP) is 0.436. The molecule has 1 aromatic rings. The Morgan fingerprint density at radius 3 is 2.72 bits per heavy atom. The van der Waals surface area contributed by atoms with Crippen molar-refractivity contribution < 1.29 is 14.7 Å². The quantitative estimate of drug-likeness (QED) is 0.642. The Kier molecular flexibility index (Phi) is 4.70. The van der Waals surface area contributed by atoms with Crippen molar-refractivity contribution in [3.63, 3.8) is 0 Å². The van der Waals surface area contributed by atoms with Crippen LogP contribution < -0.4 is 10.6 Å². The fourth-order valence-electron chi connectivity index (χ4n) is 1.26. The second-order valence-corrected chi connectivity index (χ2v) is 4.43. The molecule has 0 aliphatic rings. The van der Waals surface area contributed by atoms with Crippen LogP contribution in [0.15, 0.2) is 18.5 Å². The van der Waals surface area contributed by atoms with E-state index in [4.69, 9.17) is 5.11 Å². The monoisotopic (exact) mass is 254 g/mol. The molecule has 0 unspecified atom stereocenters. The topological polar surface area (TPSA) is 96.3 Å². The summed E-state index contributed by atoms with van der Waals surface area (Å²) in [5, 5.41) is 17.8. The zero-order valence-electron chi connectivity index (χ0n) is 10.5. The highest BCUT2D eigenvalue weighted by Crippen LogP contribution is 2.00. The predicted molar refractivity (Wildman–Crippen MR) is 65.1 cm³/mol. The second-order valence-electron chi connectivity index (χ2n) is 4.43. The molecule has 1 heterocycles. The number of carbonyl (C=O) groups excluding carboxylic acids is 1. The molecule has 0 aliphatic carbocycles. The van der Waals surface area contributed by atoms with Gasteiger partial charge in [-0.15, -0.1) is 0 Å². The van der Waals surface area contributed by atoms with Crippen LogP contribution in [0.2, 0.25) is 0 Å². The van der Waals surface area contributed by atoms with E-state index in [0.717, 1.165) is 6.42 Å². The summed E-state index contributed by atoms with van der Waals surface area (Å²) in [6.07, 6.45) is 4.26. The van der Waals surface area contributed by atoms with Gasteiger partial charge in [0.05, 0.1) is 0 Å². The number of nitrogens with zero attached hydrogens (tertiary/aromatic N) is 2. The van der Waals surface area contributed by atoms with E-state index in [1.165, 1.54) is 13.8 Å². The van der Waals surface area contributed by atoms with Crippen molar-refractivity contribution in [1.82, 2.24) is 20.4 Å². The average Bonchev–Trinajstić information content (AvgIpc) is 2.76. The minimum Gasteiger partial charge on any atom is -0.480 e. The molecule has 3 N–H and O–H groups in total. The van der Waals surface area contributed by atoms with Gasteiger partial charge in [0.2, 0.25) is 0 Å². The molecule has 0 atom stereocenters. The van der Waals surface area contributed by atoms with Crippen molar-refractivity contribution >= 4 is 12.0 Å². The number of aliphatic carboxylic acids is 1. The van der Waals surface area contributed by atoms with E-state index in [1.807, 2.05) is 12.3 Å². The fraction of sp³-hybridized carbons (Fsp3) is 0.545. The van der Waals surface area contributed by atoms with Gasteiger partial charge in [0, 0.05) is 25.5 Å². The summed E-state index contributed by atoms with van der Waals surface area (Å²) in [6.45, 7) is 4.02. The average molecular weight is 254 g/mol. The van der Waals surface area contributed by atoms with E-state index in [1.54, 1.807) is 10.9 Å². The first-order valence-electron chi connectivity index (χ1n) is 5.68. The highest BCUT2D eigenvalue weighted by atomic mass is 16.4. The van der Waals surface area contributed by atoms with Crippen LogP contribution in [0.1, 0.15) is 20.3 Å². The van der Waals surface area contributed by atoms with Crippen LogP contribution in [0, 0.1) is 0 Å². The maximum atomic E-state index is 11.4. The first-order chi connectivity index (χ1) is 8.42. The number of nitrogens with one attached hydrogen (secondary N) is 2. The number of carbonyl (C=O) groups is 2. The number of hydrogen-bond acceptors (Lipinski definition) is 3. The number of carboxylic acids is 1.